The Kier molecular flexibility index (Phi) is 5.51. The zero-order chi connectivity index (χ0) is 21.8. The van der Waals surface area contributed by atoms with Gasteiger partial charge in [0.1, 0.15) is 17.0 Å². The molecular formula is C20H33N3O5S. The van der Waals surface area contributed by atoms with Gasteiger partial charge in [-0.05, 0) is 40.0 Å². The summed E-state index contributed by atoms with van der Waals surface area (Å²) in [6.45, 7) is 6.53. The number of hydrogen-bond donors (Lipinski definition) is 1. The first-order chi connectivity index (χ1) is 13.4. The van der Waals surface area contributed by atoms with Gasteiger partial charge in [0.15, 0.2) is 9.84 Å². The van der Waals surface area contributed by atoms with Crippen molar-refractivity contribution in [1.82, 2.24) is 15.1 Å². The standard InChI is InChI=1S/C20H33N3O5S/c1-6-20(4,18(26)21-13-10-8-7-9-11-13)22(5)17(25)16-19(2,3)29(27,28)15-12-14(24)23(15)16/h13,15-16H,6-12H2,1-5H3,(H,21,26)/t15-,16+,20-/m0/s1. The molecule has 0 bridgehead atoms. The van der Waals surface area contributed by atoms with Gasteiger partial charge in [0, 0.05) is 13.1 Å². The average molecular weight is 428 g/mol. The summed E-state index contributed by atoms with van der Waals surface area (Å²) in [6.07, 6.45) is 5.50. The smallest absolute Gasteiger partial charge is 0.247 e. The topological polar surface area (TPSA) is 104 Å². The molecule has 29 heavy (non-hydrogen) atoms. The third kappa shape index (κ3) is 3.16. The number of nitrogens with zero attached hydrogens (tertiary/aromatic N) is 2. The summed E-state index contributed by atoms with van der Waals surface area (Å²) in [5.41, 5.74) is -1.12. The zero-order valence-corrected chi connectivity index (χ0v) is 18.8. The monoisotopic (exact) mass is 427 g/mol. The molecule has 3 fully saturated rings. The second kappa shape index (κ2) is 7.25. The molecule has 9 heteroatoms. The van der Waals surface area contributed by atoms with Crippen LogP contribution in [0.1, 0.15) is 72.6 Å². The summed E-state index contributed by atoms with van der Waals surface area (Å²) in [5.74, 6) is -1.06. The van der Waals surface area contributed by atoms with E-state index in [2.05, 4.69) is 5.32 Å². The maximum Gasteiger partial charge on any atom is 0.247 e. The Labute approximate surface area is 173 Å². The molecule has 2 heterocycles. The van der Waals surface area contributed by atoms with Crippen molar-refractivity contribution in [2.45, 2.75) is 100 Å². The van der Waals surface area contributed by atoms with Crippen molar-refractivity contribution in [3.05, 3.63) is 0 Å². The number of β-lactam (4-membered cyclic amide) rings is 1. The molecule has 0 aromatic carbocycles. The van der Waals surface area contributed by atoms with Crippen molar-refractivity contribution in [3.8, 4) is 0 Å². The number of nitrogens with one attached hydrogen (secondary N) is 1. The van der Waals surface area contributed by atoms with Gasteiger partial charge >= 0.3 is 0 Å². The molecule has 1 saturated carbocycles. The first-order valence-corrected chi connectivity index (χ1v) is 12.1. The van der Waals surface area contributed by atoms with Gasteiger partial charge in [-0.3, -0.25) is 14.4 Å². The van der Waals surface area contributed by atoms with Gasteiger partial charge in [-0.15, -0.1) is 0 Å². The molecule has 0 aromatic rings. The summed E-state index contributed by atoms with van der Waals surface area (Å²) < 4.78 is 24.3. The van der Waals surface area contributed by atoms with Gasteiger partial charge in [0.25, 0.3) is 0 Å². The Balaban J connectivity index is 1.85. The van der Waals surface area contributed by atoms with Crippen molar-refractivity contribution in [1.29, 1.82) is 0 Å². The van der Waals surface area contributed by atoms with Crippen molar-refractivity contribution < 1.29 is 22.8 Å². The molecule has 1 aliphatic carbocycles. The van der Waals surface area contributed by atoms with Gasteiger partial charge in [-0.2, -0.15) is 0 Å². The fourth-order valence-corrected chi connectivity index (χ4v) is 6.92. The first-order valence-electron chi connectivity index (χ1n) is 10.5. The highest BCUT2D eigenvalue weighted by molar-refractivity contribution is 7.93. The molecule has 0 unspecified atom stereocenters. The molecule has 3 atom stereocenters. The van der Waals surface area contributed by atoms with E-state index < -0.39 is 37.4 Å². The number of hydrogen-bond acceptors (Lipinski definition) is 5. The van der Waals surface area contributed by atoms with Crippen LogP contribution in [0.4, 0.5) is 0 Å². The number of carbonyl (C=O) groups excluding carboxylic acids is 3. The van der Waals surface area contributed by atoms with Crippen LogP contribution in [0.2, 0.25) is 0 Å². The van der Waals surface area contributed by atoms with E-state index in [0.29, 0.717) is 6.42 Å². The average Bonchev–Trinajstić information content (AvgIpc) is 2.80. The quantitative estimate of drug-likeness (QED) is 0.664. The SMILES string of the molecule is CC[C@@](C)(C(=O)NC1CCCCC1)N(C)C(=O)[C@H]1N2C(=O)C[C@@H]2S(=O)(=O)C1(C)C. The van der Waals surface area contributed by atoms with Gasteiger partial charge in [0.2, 0.25) is 17.7 Å². The van der Waals surface area contributed by atoms with Crippen molar-refractivity contribution >= 4 is 27.6 Å². The maximum atomic E-state index is 13.5. The zero-order valence-electron chi connectivity index (χ0n) is 18.0. The predicted molar refractivity (Wildman–Crippen MR) is 109 cm³/mol. The number of fused-ring (bicyclic) bond motifs is 1. The van der Waals surface area contributed by atoms with E-state index >= 15 is 0 Å². The van der Waals surface area contributed by atoms with E-state index in [9.17, 15) is 22.8 Å². The minimum absolute atomic E-state index is 0.0769. The lowest BCUT2D eigenvalue weighted by molar-refractivity contribution is -0.158. The van der Waals surface area contributed by atoms with Crippen molar-refractivity contribution in [2.24, 2.45) is 0 Å². The van der Waals surface area contributed by atoms with Crippen LogP contribution in [-0.4, -0.2) is 70.7 Å². The Hall–Kier alpha value is -1.64. The molecule has 0 aromatic heterocycles. The lowest BCUT2D eigenvalue weighted by atomic mass is 9.89. The number of sulfone groups is 1. The fourth-order valence-electron chi connectivity index (χ4n) is 4.79. The normalized spacial score (nSPS) is 30.1. The van der Waals surface area contributed by atoms with Crippen LogP contribution in [-0.2, 0) is 24.2 Å². The lowest BCUT2D eigenvalue weighted by Crippen LogP contribution is -2.65. The van der Waals surface area contributed by atoms with Crippen LogP contribution in [0, 0.1) is 0 Å². The summed E-state index contributed by atoms with van der Waals surface area (Å²) in [4.78, 5) is 41.3. The summed E-state index contributed by atoms with van der Waals surface area (Å²) in [5, 5.41) is 2.15. The summed E-state index contributed by atoms with van der Waals surface area (Å²) >= 11 is 0. The summed E-state index contributed by atoms with van der Waals surface area (Å²) in [7, 11) is -2.13. The third-order valence-corrected chi connectivity index (χ3v) is 10.2. The van der Waals surface area contributed by atoms with Gasteiger partial charge < -0.3 is 15.1 Å². The number of amides is 3. The van der Waals surface area contributed by atoms with E-state index in [1.54, 1.807) is 6.92 Å². The van der Waals surface area contributed by atoms with Crippen molar-refractivity contribution in [3.63, 3.8) is 0 Å². The predicted octanol–water partition coefficient (Wildman–Crippen LogP) is 1.20. The first kappa shape index (κ1) is 22.1. The highest BCUT2D eigenvalue weighted by Crippen LogP contribution is 2.46. The van der Waals surface area contributed by atoms with E-state index in [0.717, 1.165) is 25.7 Å². The van der Waals surface area contributed by atoms with E-state index in [1.807, 2.05) is 6.92 Å². The fraction of sp³-hybridized carbons (Fsp3) is 0.850. The molecule has 164 valence electrons. The Morgan fingerprint density at radius 1 is 1.24 bits per heavy atom. The molecule has 8 nitrogen and oxygen atoms in total. The Morgan fingerprint density at radius 2 is 1.83 bits per heavy atom. The Bertz CT molecular complexity index is 818. The highest BCUT2D eigenvalue weighted by Gasteiger charge is 2.68. The van der Waals surface area contributed by atoms with Crippen LogP contribution >= 0.6 is 0 Å². The molecule has 3 rings (SSSR count). The molecule has 0 spiro atoms. The summed E-state index contributed by atoms with van der Waals surface area (Å²) in [6, 6.07) is -1.01. The van der Waals surface area contributed by atoms with E-state index in [4.69, 9.17) is 0 Å². The van der Waals surface area contributed by atoms with E-state index in [-0.39, 0.29) is 24.3 Å². The van der Waals surface area contributed by atoms with Crippen molar-refractivity contribution in [2.75, 3.05) is 7.05 Å². The van der Waals surface area contributed by atoms with Gasteiger partial charge in [-0.25, -0.2) is 8.42 Å². The number of likely N-dealkylation sites (N-methyl/N-ethyl adjacent to an activating group) is 1. The van der Waals surface area contributed by atoms with E-state index in [1.165, 1.54) is 37.1 Å². The maximum absolute atomic E-state index is 13.5. The molecule has 3 aliphatic rings. The minimum Gasteiger partial charge on any atom is -0.351 e. The second-order valence-electron chi connectivity index (χ2n) is 9.34. The molecule has 2 aliphatic heterocycles. The molecule has 1 N–H and O–H groups in total. The lowest BCUT2D eigenvalue weighted by Gasteiger charge is -2.43. The minimum atomic E-state index is -3.66. The molecule has 3 amide bonds. The number of rotatable bonds is 5. The second-order valence-corrected chi connectivity index (χ2v) is 12.0. The highest BCUT2D eigenvalue weighted by atomic mass is 32.2. The van der Waals surface area contributed by atoms with Crippen LogP contribution in [0.3, 0.4) is 0 Å². The largest absolute Gasteiger partial charge is 0.351 e. The van der Waals surface area contributed by atoms with Crippen LogP contribution in [0.25, 0.3) is 0 Å². The van der Waals surface area contributed by atoms with Crippen LogP contribution < -0.4 is 5.32 Å². The Morgan fingerprint density at radius 3 is 2.34 bits per heavy atom. The number of carbonyl (C=O) groups is 3. The molecular weight excluding hydrogens is 394 g/mol. The third-order valence-electron chi connectivity index (χ3n) is 7.40. The van der Waals surface area contributed by atoms with Crippen LogP contribution in [0.15, 0.2) is 0 Å². The molecule has 2 saturated heterocycles. The molecule has 0 radical (unpaired) electrons. The van der Waals surface area contributed by atoms with Crippen LogP contribution in [0.5, 0.6) is 0 Å². The van der Waals surface area contributed by atoms with Gasteiger partial charge in [0.05, 0.1) is 11.2 Å². The van der Waals surface area contributed by atoms with Gasteiger partial charge in [-0.1, -0.05) is 26.2 Å².